The van der Waals surface area contributed by atoms with Crippen molar-refractivity contribution in [3.8, 4) is 0 Å². The molecule has 1 heterocycles. The fourth-order valence-corrected chi connectivity index (χ4v) is 2.17. The van der Waals surface area contributed by atoms with Crippen molar-refractivity contribution in [2.45, 2.75) is 45.6 Å². The van der Waals surface area contributed by atoms with Crippen LogP contribution in [0.25, 0.3) is 0 Å². The number of ether oxygens (including phenoxy) is 2. The Kier molecular flexibility index (Phi) is 5.95. The van der Waals surface area contributed by atoms with E-state index in [1.807, 2.05) is 6.92 Å². The second-order valence-electron chi connectivity index (χ2n) is 4.67. The van der Waals surface area contributed by atoms with Crippen molar-refractivity contribution >= 4 is 12.1 Å². The molecule has 0 aromatic heterocycles. The maximum Gasteiger partial charge on any atom is 0.410 e. The molecule has 1 fully saturated rings. The fourth-order valence-electron chi connectivity index (χ4n) is 2.17. The Morgan fingerprint density at radius 2 is 2.06 bits per heavy atom. The largest absolute Gasteiger partial charge is 0.467 e. The number of methoxy groups -OCH3 is 1. The molecule has 104 valence electrons. The number of amides is 1. The number of esters is 1. The molecule has 1 aliphatic rings. The predicted octanol–water partition coefficient (Wildman–Crippen LogP) is 2.20. The monoisotopic (exact) mass is 257 g/mol. The van der Waals surface area contributed by atoms with E-state index < -0.39 is 12.1 Å². The number of carbonyl (C=O) groups is 2. The molecule has 2 unspecified atom stereocenters. The fraction of sp³-hybridized carbons (Fsp3) is 0.846. The second kappa shape index (κ2) is 7.24. The average Bonchev–Trinajstić information content (AvgIpc) is 2.82. The number of hydrogen-bond donors (Lipinski definition) is 0. The lowest BCUT2D eigenvalue weighted by Crippen LogP contribution is -2.41. The molecule has 1 saturated heterocycles. The number of unbranched alkanes of at least 4 members (excludes halogenated alkanes) is 1. The lowest BCUT2D eigenvalue weighted by molar-refractivity contribution is -0.145. The first-order chi connectivity index (χ1) is 8.63. The van der Waals surface area contributed by atoms with Gasteiger partial charge in [0.25, 0.3) is 0 Å². The summed E-state index contributed by atoms with van der Waals surface area (Å²) in [5.74, 6) is 0.00576. The van der Waals surface area contributed by atoms with Crippen molar-refractivity contribution in [3.63, 3.8) is 0 Å². The topological polar surface area (TPSA) is 55.8 Å². The van der Waals surface area contributed by atoms with Gasteiger partial charge in [-0.05, 0) is 18.8 Å². The van der Waals surface area contributed by atoms with Gasteiger partial charge in [0.2, 0.25) is 0 Å². The Balaban J connectivity index is 2.59. The highest BCUT2D eigenvalue weighted by Crippen LogP contribution is 2.27. The van der Waals surface area contributed by atoms with Gasteiger partial charge < -0.3 is 9.47 Å². The molecule has 5 heteroatoms. The van der Waals surface area contributed by atoms with Crippen molar-refractivity contribution in [2.75, 3.05) is 20.3 Å². The van der Waals surface area contributed by atoms with Crippen molar-refractivity contribution in [1.29, 1.82) is 0 Å². The van der Waals surface area contributed by atoms with Crippen LogP contribution in [0.4, 0.5) is 4.79 Å². The van der Waals surface area contributed by atoms with Gasteiger partial charge in [-0.1, -0.05) is 26.7 Å². The molecule has 0 aromatic carbocycles. The maximum absolute atomic E-state index is 11.9. The summed E-state index contributed by atoms with van der Waals surface area (Å²) in [6, 6.07) is -0.478. The van der Waals surface area contributed by atoms with Crippen LogP contribution in [0.15, 0.2) is 0 Å². The summed E-state index contributed by atoms with van der Waals surface area (Å²) in [6.07, 6.45) is 3.05. The van der Waals surface area contributed by atoms with Crippen molar-refractivity contribution < 1.29 is 19.1 Å². The highest BCUT2D eigenvalue weighted by Gasteiger charge is 2.40. The molecule has 0 aromatic rings. The zero-order valence-electron chi connectivity index (χ0n) is 11.5. The molecular formula is C13H23NO4. The van der Waals surface area contributed by atoms with Crippen LogP contribution in [-0.4, -0.2) is 43.3 Å². The molecule has 2 atom stereocenters. The van der Waals surface area contributed by atoms with Gasteiger partial charge in [-0.15, -0.1) is 0 Å². The minimum absolute atomic E-state index is 0.349. The van der Waals surface area contributed by atoms with Crippen LogP contribution >= 0.6 is 0 Å². The van der Waals surface area contributed by atoms with Crippen molar-refractivity contribution in [1.82, 2.24) is 4.90 Å². The molecule has 1 rings (SSSR count). The highest BCUT2D eigenvalue weighted by atomic mass is 16.6. The summed E-state index contributed by atoms with van der Waals surface area (Å²) in [4.78, 5) is 25.1. The van der Waals surface area contributed by atoms with Gasteiger partial charge in [-0.25, -0.2) is 9.59 Å². The SMILES string of the molecule is CCCCOC(=O)N1CC(CC)CC1C(=O)OC. The van der Waals surface area contributed by atoms with Gasteiger partial charge in [-0.2, -0.15) is 0 Å². The summed E-state index contributed by atoms with van der Waals surface area (Å²) in [6.45, 7) is 5.09. The third-order valence-electron chi connectivity index (χ3n) is 3.40. The van der Waals surface area contributed by atoms with E-state index in [4.69, 9.17) is 9.47 Å². The third kappa shape index (κ3) is 3.62. The molecule has 1 amide bonds. The van der Waals surface area contributed by atoms with Crippen LogP contribution in [0.2, 0.25) is 0 Å². The van der Waals surface area contributed by atoms with Gasteiger partial charge >= 0.3 is 12.1 Å². The Bertz CT molecular complexity index is 293. The Morgan fingerprint density at radius 3 is 2.61 bits per heavy atom. The smallest absolute Gasteiger partial charge is 0.410 e. The molecule has 0 bridgehead atoms. The summed E-state index contributed by atoms with van der Waals surface area (Å²) in [5.41, 5.74) is 0. The standard InChI is InChI=1S/C13H23NO4/c1-4-6-7-18-13(16)14-9-10(5-2)8-11(14)12(15)17-3/h10-11H,4-9H2,1-3H3. The molecule has 1 aliphatic heterocycles. The third-order valence-corrected chi connectivity index (χ3v) is 3.40. The summed E-state index contributed by atoms with van der Waals surface area (Å²) >= 11 is 0. The highest BCUT2D eigenvalue weighted by molar-refractivity contribution is 5.82. The molecule has 0 N–H and O–H groups in total. The first kappa shape index (κ1) is 14.8. The Hall–Kier alpha value is -1.26. The number of hydrogen-bond acceptors (Lipinski definition) is 4. The average molecular weight is 257 g/mol. The number of carbonyl (C=O) groups excluding carboxylic acids is 2. The first-order valence-corrected chi connectivity index (χ1v) is 6.65. The van der Waals surface area contributed by atoms with Gasteiger partial charge in [0.05, 0.1) is 13.7 Å². The maximum atomic E-state index is 11.9. The van der Waals surface area contributed by atoms with Crippen molar-refractivity contribution in [3.05, 3.63) is 0 Å². The van der Waals surface area contributed by atoms with Crippen LogP contribution in [0.5, 0.6) is 0 Å². The van der Waals surface area contributed by atoms with Crippen LogP contribution in [-0.2, 0) is 14.3 Å². The number of likely N-dealkylation sites (tertiary alicyclic amines) is 1. The molecular weight excluding hydrogens is 234 g/mol. The van der Waals surface area contributed by atoms with Crippen LogP contribution in [0.1, 0.15) is 39.5 Å². The van der Waals surface area contributed by atoms with E-state index in [0.29, 0.717) is 25.5 Å². The minimum Gasteiger partial charge on any atom is -0.467 e. The van der Waals surface area contributed by atoms with E-state index in [1.54, 1.807) is 0 Å². The molecule has 0 aliphatic carbocycles. The number of nitrogens with zero attached hydrogens (tertiary/aromatic N) is 1. The normalized spacial score (nSPS) is 22.9. The molecule has 0 saturated carbocycles. The van der Waals surface area contributed by atoms with Crippen LogP contribution in [0, 0.1) is 5.92 Å². The lowest BCUT2D eigenvalue weighted by atomic mass is 10.0. The van der Waals surface area contributed by atoms with Gasteiger partial charge in [0.1, 0.15) is 6.04 Å². The lowest BCUT2D eigenvalue weighted by Gasteiger charge is -2.21. The summed E-state index contributed by atoms with van der Waals surface area (Å²) in [7, 11) is 1.35. The van der Waals surface area contributed by atoms with Crippen LogP contribution < -0.4 is 0 Å². The van der Waals surface area contributed by atoms with E-state index in [-0.39, 0.29) is 5.97 Å². The summed E-state index contributed by atoms with van der Waals surface area (Å²) < 4.78 is 9.91. The molecule has 5 nitrogen and oxygen atoms in total. The zero-order chi connectivity index (χ0) is 13.5. The quantitative estimate of drug-likeness (QED) is 0.559. The Morgan fingerprint density at radius 1 is 1.33 bits per heavy atom. The van der Waals surface area contributed by atoms with E-state index in [9.17, 15) is 9.59 Å². The van der Waals surface area contributed by atoms with E-state index in [1.165, 1.54) is 12.0 Å². The zero-order valence-corrected chi connectivity index (χ0v) is 11.5. The van der Waals surface area contributed by atoms with E-state index >= 15 is 0 Å². The minimum atomic E-state index is -0.478. The second-order valence-corrected chi connectivity index (χ2v) is 4.67. The molecule has 0 radical (unpaired) electrons. The predicted molar refractivity (Wildman–Crippen MR) is 67.2 cm³/mol. The van der Waals surface area contributed by atoms with Gasteiger partial charge in [0, 0.05) is 6.54 Å². The Labute approximate surface area is 108 Å². The molecule has 18 heavy (non-hydrogen) atoms. The van der Waals surface area contributed by atoms with E-state index in [0.717, 1.165) is 19.3 Å². The van der Waals surface area contributed by atoms with Gasteiger partial charge in [0.15, 0.2) is 0 Å². The first-order valence-electron chi connectivity index (χ1n) is 6.65. The number of rotatable bonds is 5. The van der Waals surface area contributed by atoms with Gasteiger partial charge in [-0.3, -0.25) is 4.90 Å². The van der Waals surface area contributed by atoms with Crippen LogP contribution in [0.3, 0.4) is 0 Å². The van der Waals surface area contributed by atoms with E-state index in [2.05, 4.69) is 6.92 Å². The summed E-state index contributed by atoms with van der Waals surface area (Å²) in [5, 5.41) is 0. The molecule has 0 spiro atoms. The van der Waals surface area contributed by atoms with Crippen molar-refractivity contribution in [2.24, 2.45) is 5.92 Å².